The van der Waals surface area contributed by atoms with Gasteiger partial charge in [0.05, 0.1) is 11.1 Å². The van der Waals surface area contributed by atoms with Crippen molar-refractivity contribution < 1.29 is 18.3 Å². The van der Waals surface area contributed by atoms with Crippen LogP contribution in [0, 0.1) is 5.92 Å². The highest BCUT2D eigenvalue weighted by Crippen LogP contribution is 2.33. The van der Waals surface area contributed by atoms with Crippen LogP contribution >= 0.6 is 23.2 Å². The molecule has 13 heteroatoms. The molecular formula is C25H26Cl2N6O4S. The second-order valence-corrected chi connectivity index (χ2v) is 12.0. The highest BCUT2D eigenvalue weighted by atomic mass is 35.5. The summed E-state index contributed by atoms with van der Waals surface area (Å²) in [7, 11) is -3.57. The average molecular weight is 577 g/mol. The van der Waals surface area contributed by atoms with Crippen molar-refractivity contribution in [2.45, 2.75) is 24.3 Å². The molecule has 5 rings (SSSR count). The summed E-state index contributed by atoms with van der Waals surface area (Å²) in [6, 6.07) is 11.3. The summed E-state index contributed by atoms with van der Waals surface area (Å²) in [4.78, 5) is 17.2. The lowest BCUT2D eigenvalue weighted by Crippen LogP contribution is -2.40. The number of likely N-dealkylation sites (tertiary alicyclic amines) is 1. The Morgan fingerprint density at radius 1 is 1.11 bits per heavy atom. The Morgan fingerprint density at radius 2 is 1.82 bits per heavy atom. The molecule has 1 aliphatic heterocycles. The van der Waals surface area contributed by atoms with Gasteiger partial charge in [-0.25, -0.2) is 17.9 Å². The number of carboxylic acid groups (broad SMARTS) is 1. The van der Waals surface area contributed by atoms with E-state index in [-0.39, 0.29) is 10.6 Å². The Balaban J connectivity index is 1.16. The first kappa shape index (κ1) is 26.6. The highest BCUT2D eigenvalue weighted by Gasteiger charge is 2.24. The van der Waals surface area contributed by atoms with Crippen LogP contribution in [0.3, 0.4) is 0 Å². The summed E-state index contributed by atoms with van der Waals surface area (Å²) in [6.07, 6.45) is 3.64. The average Bonchev–Trinajstić information content (AvgIpc) is 3.49. The first-order chi connectivity index (χ1) is 18.2. The number of sulfonamides is 1. The Bertz CT molecular complexity index is 1560. The van der Waals surface area contributed by atoms with Crippen molar-refractivity contribution in [2.75, 3.05) is 26.2 Å². The minimum Gasteiger partial charge on any atom is -0.477 e. The van der Waals surface area contributed by atoms with Crippen LogP contribution < -0.4 is 4.72 Å². The van der Waals surface area contributed by atoms with Crippen LogP contribution in [-0.4, -0.2) is 70.6 Å². The van der Waals surface area contributed by atoms with Crippen LogP contribution in [0.4, 0.5) is 0 Å². The van der Waals surface area contributed by atoms with Crippen LogP contribution in [0.1, 0.15) is 23.3 Å². The number of carboxylic acids is 1. The number of nitrogens with one attached hydrogen (secondary N) is 2. The molecule has 0 radical (unpaired) electrons. The van der Waals surface area contributed by atoms with Gasteiger partial charge < -0.3 is 15.0 Å². The molecule has 1 aliphatic rings. The fourth-order valence-corrected chi connectivity index (χ4v) is 6.10. The highest BCUT2D eigenvalue weighted by molar-refractivity contribution is 7.89. The molecule has 0 atom stereocenters. The summed E-state index contributed by atoms with van der Waals surface area (Å²) >= 11 is 12.0. The third-order valence-electron chi connectivity index (χ3n) is 6.77. The topological polar surface area (TPSA) is 133 Å². The number of halogens is 2. The third-order valence-corrected chi connectivity index (χ3v) is 8.73. The van der Waals surface area contributed by atoms with Gasteiger partial charge in [-0.2, -0.15) is 0 Å². The first-order valence-corrected chi connectivity index (χ1v) is 14.4. The van der Waals surface area contributed by atoms with E-state index in [0.717, 1.165) is 25.9 Å². The van der Waals surface area contributed by atoms with Crippen molar-refractivity contribution >= 4 is 50.1 Å². The summed E-state index contributed by atoms with van der Waals surface area (Å²) < 4.78 is 29.3. The number of piperidine rings is 1. The Morgan fingerprint density at radius 3 is 2.53 bits per heavy atom. The maximum atomic E-state index is 12.4. The van der Waals surface area contributed by atoms with Crippen molar-refractivity contribution in [1.82, 2.24) is 29.6 Å². The van der Waals surface area contributed by atoms with E-state index in [1.54, 1.807) is 41.2 Å². The second kappa shape index (κ2) is 11.0. The van der Waals surface area contributed by atoms with E-state index in [2.05, 4.69) is 24.9 Å². The standard InChI is InChI=1S/C25H26Cl2N6O4S/c26-17-1-4-19(5-2-17)38(36,37)28-9-12-32-10-7-16(8-11-32)14-33-15-22(30-31-33)23-20-13-18(27)3-6-21(20)29-24(23)25(34)35/h1-6,13,15-16,28-29H,7-12,14H2,(H,34,35). The van der Waals surface area contributed by atoms with Crippen molar-refractivity contribution in [3.05, 3.63) is 64.4 Å². The van der Waals surface area contributed by atoms with Gasteiger partial charge in [-0.15, -0.1) is 5.10 Å². The molecule has 0 unspecified atom stereocenters. The Labute approximate surface area is 229 Å². The molecular weight excluding hydrogens is 551 g/mol. The number of fused-ring (bicyclic) bond motifs is 1. The molecule has 38 heavy (non-hydrogen) atoms. The van der Waals surface area contributed by atoms with Crippen molar-refractivity contribution in [3.63, 3.8) is 0 Å². The molecule has 3 heterocycles. The zero-order valence-corrected chi connectivity index (χ0v) is 22.6. The number of aromatic amines is 1. The van der Waals surface area contributed by atoms with Gasteiger partial charge in [0.15, 0.2) is 0 Å². The molecule has 0 bridgehead atoms. The molecule has 0 saturated carbocycles. The minimum absolute atomic E-state index is 0.0503. The molecule has 0 aliphatic carbocycles. The van der Waals surface area contributed by atoms with E-state index in [1.807, 2.05) is 0 Å². The number of carbonyl (C=O) groups is 1. The van der Waals surface area contributed by atoms with E-state index in [1.165, 1.54) is 12.1 Å². The summed E-state index contributed by atoms with van der Waals surface area (Å²) in [6.45, 7) is 3.30. The van der Waals surface area contributed by atoms with Gasteiger partial charge in [0.25, 0.3) is 0 Å². The number of rotatable bonds is 9. The van der Waals surface area contributed by atoms with E-state index in [0.29, 0.717) is 57.8 Å². The summed E-state index contributed by atoms with van der Waals surface area (Å²) in [5.74, 6) is -0.701. The zero-order chi connectivity index (χ0) is 26.9. The lowest BCUT2D eigenvalue weighted by Gasteiger charge is -2.31. The van der Waals surface area contributed by atoms with Gasteiger partial charge in [0, 0.05) is 46.1 Å². The monoisotopic (exact) mass is 576 g/mol. The number of hydrogen-bond acceptors (Lipinski definition) is 6. The van der Waals surface area contributed by atoms with Gasteiger partial charge in [-0.3, -0.25) is 4.68 Å². The van der Waals surface area contributed by atoms with Gasteiger partial charge in [-0.1, -0.05) is 28.4 Å². The number of aromatic carboxylic acids is 1. The van der Waals surface area contributed by atoms with E-state index < -0.39 is 16.0 Å². The van der Waals surface area contributed by atoms with Gasteiger partial charge in [0.1, 0.15) is 11.4 Å². The van der Waals surface area contributed by atoms with Gasteiger partial charge in [0.2, 0.25) is 10.0 Å². The van der Waals surface area contributed by atoms with Crippen molar-refractivity contribution in [2.24, 2.45) is 5.92 Å². The van der Waals surface area contributed by atoms with Crippen LogP contribution in [0.15, 0.2) is 53.6 Å². The maximum absolute atomic E-state index is 12.4. The van der Waals surface area contributed by atoms with Gasteiger partial charge >= 0.3 is 5.97 Å². The van der Waals surface area contributed by atoms with Crippen LogP contribution in [0.2, 0.25) is 10.0 Å². The molecule has 1 fully saturated rings. The summed E-state index contributed by atoms with van der Waals surface area (Å²) in [5.41, 5.74) is 1.66. The maximum Gasteiger partial charge on any atom is 0.353 e. The number of H-pyrrole nitrogens is 1. The summed E-state index contributed by atoms with van der Waals surface area (Å²) in [5, 5.41) is 19.9. The molecule has 0 spiro atoms. The van der Waals surface area contributed by atoms with E-state index >= 15 is 0 Å². The fraction of sp³-hybridized carbons (Fsp3) is 0.320. The van der Waals surface area contributed by atoms with Crippen LogP contribution in [-0.2, 0) is 16.6 Å². The predicted molar refractivity (Wildman–Crippen MR) is 145 cm³/mol. The molecule has 2 aromatic heterocycles. The molecule has 4 aromatic rings. The van der Waals surface area contributed by atoms with Crippen molar-refractivity contribution in [3.8, 4) is 11.3 Å². The van der Waals surface area contributed by atoms with Crippen LogP contribution in [0.25, 0.3) is 22.2 Å². The smallest absolute Gasteiger partial charge is 0.353 e. The molecule has 1 saturated heterocycles. The Hall–Kier alpha value is -2.96. The normalized spacial score (nSPS) is 15.3. The first-order valence-electron chi connectivity index (χ1n) is 12.1. The van der Waals surface area contributed by atoms with Gasteiger partial charge in [-0.05, 0) is 74.3 Å². The van der Waals surface area contributed by atoms with Crippen LogP contribution in [0.5, 0.6) is 0 Å². The number of hydrogen-bond donors (Lipinski definition) is 3. The molecule has 0 amide bonds. The molecule has 3 N–H and O–H groups in total. The van der Waals surface area contributed by atoms with Crippen molar-refractivity contribution in [1.29, 1.82) is 0 Å². The predicted octanol–water partition coefficient (Wildman–Crippen LogP) is 4.12. The number of aromatic nitrogens is 4. The Kier molecular flexibility index (Phi) is 7.73. The quantitative estimate of drug-likeness (QED) is 0.273. The SMILES string of the molecule is O=C(O)c1[nH]c2ccc(Cl)cc2c1-c1cn(CC2CCN(CCNS(=O)(=O)c3ccc(Cl)cc3)CC2)nn1. The number of benzene rings is 2. The number of nitrogens with zero attached hydrogens (tertiary/aromatic N) is 4. The zero-order valence-electron chi connectivity index (χ0n) is 20.3. The molecule has 200 valence electrons. The fourth-order valence-electron chi connectivity index (χ4n) is 4.79. The lowest BCUT2D eigenvalue weighted by atomic mass is 9.97. The van der Waals surface area contributed by atoms with E-state index in [9.17, 15) is 18.3 Å². The second-order valence-electron chi connectivity index (χ2n) is 9.33. The lowest BCUT2D eigenvalue weighted by molar-refractivity contribution is 0.0692. The molecule has 2 aromatic carbocycles. The molecule has 10 nitrogen and oxygen atoms in total. The third kappa shape index (κ3) is 5.87. The largest absolute Gasteiger partial charge is 0.477 e. The van der Waals surface area contributed by atoms with E-state index in [4.69, 9.17) is 23.2 Å². The minimum atomic E-state index is -3.57.